The molecule has 0 bridgehead atoms. The summed E-state index contributed by atoms with van der Waals surface area (Å²) < 4.78 is 35.2. The quantitative estimate of drug-likeness (QED) is 0.559. The van der Waals surface area contributed by atoms with Gasteiger partial charge in [-0.25, -0.2) is 0 Å². The number of carbonyl (C=O) groups is 1. The molecule has 0 aliphatic carbocycles. The van der Waals surface area contributed by atoms with E-state index in [2.05, 4.69) is 5.32 Å². The molecule has 0 rings (SSSR count). The second-order valence-corrected chi connectivity index (χ2v) is 4.00. The highest BCUT2D eigenvalue weighted by molar-refractivity contribution is 5.77. The van der Waals surface area contributed by atoms with Crippen LogP contribution < -0.4 is 10.6 Å². The Morgan fingerprint density at radius 3 is 2.59 bits per heavy atom. The Kier molecular flexibility index (Phi) is 7.90. The van der Waals surface area contributed by atoms with E-state index in [0.717, 1.165) is 12.8 Å². The second kappa shape index (κ2) is 8.30. The molecule has 0 heterocycles. The number of carbonyl (C=O) groups excluding carboxylic acids is 1. The van der Waals surface area contributed by atoms with Crippen LogP contribution in [0.5, 0.6) is 0 Å². The molecule has 4 nitrogen and oxygen atoms in total. The Morgan fingerprint density at radius 2 is 2.06 bits per heavy atom. The maximum atomic E-state index is 11.7. The molecule has 102 valence electrons. The lowest BCUT2D eigenvalue weighted by Crippen LogP contribution is -2.39. The molecule has 0 radical (unpaired) electrons. The molecular formula is C10H19F3N2O2. The Bertz CT molecular complexity index is 222. The minimum absolute atomic E-state index is 0.117. The maximum absolute atomic E-state index is 11.7. The van der Waals surface area contributed by atoms with Crippen molar-refractivity contribution in [3.8, 4) is 0 Å². The third-order valence-electron chi connectivity index (χ3n) is 2.13. The molecular weight excluding hydrogens is 237 g/mol. The third kappa shape index (κ3) is 11.4. The van der Waals surface area contributed by atoms with Gasteiger partial charge in [0.15, 0.2) is 0 Å². The highest BCUT2D eigenvalue weighted by Gasteiger charge is 2.27. The van der Waals surface area contributed by atoms with E-state index in [0.29, 0.717) is 6.54 Å². The fraction of sp³-hybridized carbons (Fsp3) is 0.900. The molecule has 0 spiro atoms. The van der Waals surface area contributed by atoms with Crippen molar-refractivity contribution >= 4 is 5.91 Å². The molecule has 17 heavy (non-hydrogen) atoms. The van der Waals surface area contributed by atoms with Gasteiger partial charge in [0.2, 0.25) is 5.91 Å². The number of alkyl halides is 3. The van der Waals surface area contributed by atoms with Crippen LogP contribution >= 0.6 is 0 Å². The van der Waals surface area contributed by atoms with Crippen LogP contribution in [0.3, 0.4) is 0 Å². The summed E-state index contributed by atoms with van der Waals surface area (Å²) >= 11 is 0. The molecule has 0 aromatic rings. The third-order valence-corrected chi connectivity index (χ3v) is 2.13. The molecule has 3 N–H and O–H groups in total. The lowest BCUT2D eigenvalue weighted by atomic mass is 10.1. The lowest BCUT2D eigenvalue weighted by molar-refractivity contribution is -0.137. The molecule has 0 saturated carbocycles. The van der Waals surface area contributed by atoms with E-state index in [1.54, 1.807) is 5.32 Å². The number of rotatable bonds is 8. The first kappa shape index (κ1) is 16.2. The summed E-state index contributed by atoms with van der Waals surface area (Å²) in [7, 11) is 0. The smallest absolute Gasteiger partial charge is 0.396 e. The molecule has 0 aliphatic heterocycles. The second-order valence-electron chi connectivity index (χ2n) is 4.00. The van der Waals surface area contributed by atoms with E-state index < -0.39 is 18.6 Å². The standard InChI is InChI=1S/C10H19F3N2O2/c1-8(6-16)3-2-4-14-5-9(17)15-7-10(11,12)13/h8,14,16H,2-7H2,1H3,(H,15,17). The Labute approximate surface area is 98.6 Å². The van der Waals surface area contributed by atoms with Gasteiger partial charge >= 0.3 is 6.18 Å². The van der Waals surface area contributed by atoms with Gasteiger partial charge in [0.05, 0.1) is 6.54 Å². The largest absolute Gasteiger partial charge is 0.405 e. The van der Waals surface area contributed by atoms with Crippen molar-refractivity contribution < 1.29 is 23.1 Å². The van der Waals surface area contributed by atoms with Crippen LogP contribution in [0.1, 0.15) is 19.8 Å². The number of hydrogen-bond donors (Lipinski definition) is 3. The van der Waals surface area contributed by atoms with Crippen LogP contribution in [0.2, 0.25) is 0 Å². The summed E-state index contributed by atoms with van der Waals surface area (Å²) in [6, 6.07) is 0. The number of halogens is 3. The fourth-order valence-corrected chi connectivity index (χ4v) is 1.13. The molecule has 1 amide bonds. The Hall–Kier alpha value is -0.820. The van der Waals surface area contributed by atoms with Gasteiger partial charge in [0.1, 0.15) is 6.54 Å². The number of hydrogen-bond acceptors (Lipinski definition) is 3. The van der Waals surface area contributed by atoms with Crippen LogP contribution in [0.4, 0.5) is 13.2 Å². The molecule has 0 saturated heterocycles. The van der Waals surface area contributed by atoms with Crippen molar-refractivity contribution in [1.29, 1.82) is 0 Å². The molecule has 0 aromatic carbocycles. The van der Waals surface area contributed by atoms with Crippen molar-refractivity contribution in [3.05, 3.63) is 0 Å². The summed E-state index contributed by atoms with van der Waals surface area (Å²) in [5, 5.41) is 13.2. The van der Waals surface area contributed by atoms with E-state index in [-0.39, 0.29) is 19.1 Å². The number of aliphatic hydroxyl groups excluding tert-OH is 1. The Morgan fingerprint density at radius 1 is 1.41 bits per heavy atom. The molecule has 0 aliphatic rings. The molecule has 1 atom stereocenters. The first-order chi connectivity index (χ1) is 7.85. The van der Waals surface area contributed by atoms with Gasteiger partial charge in [-0.3, -0.25) is 4.79 Å². The van der Waals surface area contributed by atoms with E-state index >= 15 is 0 Å². The summed E-state index contributed by atoms with van der Waals surface area (Å²) in [5.74, 6) is -0.464. The van der Waals surface area contributed by atoms with Gasteiger partial charge in [0.25, 0.3) is 0 Å². The molecule has 0 aromatic heterocycles. The summed E-state index contributed by atoms with van der Waals surface area (Å²) in [6.07, 6.45) is -2.78. The van der Waals surface area contributed by atoms with Crippen LogP contribution in [0.25, 0.3) is 0 Å². The lowest BCUT2D eigenvalue weighted by Gasteiger charge is -2.10. The van der Waals surface area contributed by atoms with Gasteiger partial charge in [-0.15, -0.1) is 0 Å². The molecule has 1 unspecified atom stereocenters. The van der Waals surface area contributed by atoms with Gasteiger partial charge in [-0.1, -0.05) is 6.92 Å². The minimum Gasteiger partial charge on any atom is -0.396 e. The zero-order valence-corrected chi connectivity index (χ0v) is 9.81. The Balaban J connectivity index is 3.40. The van der Waals surface area contributed by atoms with E-state index in [1.807, 2.05) is 6.92 Å². The first-order valence-electron chi connectivity index (χ1n) is 5.50. The molecule has 7 heteroatoms. The average molecular weight is 256 g/mol. The maximum Gasteiger partial charge on any atom is 0.405 e. The SMILES string of the molecule is CC(CO)CCCNCC(=O)NCC(F)(F)F. The van der Waals surface area contributed by atoms with Crippen molar-refractivity contribution in [2.45, 2.75) is 25.9 Å². The van der Waals surface area contributed by atoms with Crippen LogP contribution in [-0.2, 0) is 4.79 Å². The predicted octanol–water partition coefficient (Wildman–Crippen LogP) is 0.663. The topological polar surface area (TPSA) is 61.4 Å². The highest BCUT2D eigenvalue weighted by Crippen LogP contribution is 2.11. The van der Waals surface area contributed by atoms with Crippen molar-refractivity contribution in [3.63, 3.8) is 0 Å². The van der Waals surface area contributed by atoms with E-state index in [9.17, 15) is 18.0 Å². The average Bonchev–Trinajstić information content (AvgIpc) is 2.24. The predicted molar refractivity (Wildman–Crippen MR) is 57.4 cm³/mol. The zero-order chi connectivity index (χ0) is 13.3. The normalized spacial score (nSPS) is 13.5. The fourth-order valence-electron chi connectivity index (χ4n) is 1.13. The van der Waals surface area contributed by atoms with Gasteiger partial charge in [-0.05, 0) is 25.3 Å². The highest BCUT2D eigenvalue weighted by atomic mass is 19.4. The van der Waals surface area contributed by atoms with Gasteiger partial charge < -0.3 is 15.7 Å². The summed E-state index contributed by atoms with van der Waals surface area (Å²) in [6.45, 7) is 1.14. The van der Waals surface area contributed by atoms with E-state index in [1.165, 1.54) is 0 Å². The summed E-state index contributed by atoms with van der Waals surface area (Å²) in [4.78, 5) is 10.9. The molecule has 0 fully saturated rings. The number of amides is 1. The first-order valence-corrected chi connectivity index (χ1v) is 5.50. The number of nitrogens with one attached hydrogen (secondary N) is 2. The van der Waals surface area contributed by atoms with Gasteiger partial charge in [-0.2, -0.15) is 13.2 Å². The van der Waals surface area contributed by atoms with Gasteiger partial charge in [0, 0.05) is 6.61 Å². The monoisotopic (exact) mass is 256 g/mol. The summed E-state index contributed by atoms with van der Waals surface area (Å²) in [5.41, 5.74) is 0. The van der Waals surface area contributed by atoms with Crippen molar-refractivity contribution in [1.82, 2.24) is 10.6 Å². The zero-order valence-electron chi connectivity index (χ0n) is 9.81. The van der Waals surface area contributed by atoms with Crippen LogP contribution in [0, 0.1) is 5.92 Å². The van der Waals surface area contributed by atoms with Crippen LogP contribution in [-0.4, -0.2) is 43.4 Å². The minimum atomic E-state index is -4.37. The van der Waals surface area contributed by atoms with Crippen molar-refractivity contribution in [2.24, 2.45) is 5.92 Å². The van der Waals surface area contributed by atoms with Crippen molar-refractivity contribution in [2.75, 3.05) is 26.2 Å². The van der Waals surface area contributed by atoms with Crippen LogP contribution in [0.15, 0.2) is 0 Å². The number of aliphatic hydroxyl groups is 1. The van der Waals surface area contributed by atoms with E-state index in [4.69, 9.17) is 5.11 Å².